The first-order chi connectivity index (χ1) is 18.2. The van der Waals surface area contributed by atoms with Gasteiger partial charge in [-0.2, -0.15) is 26.0 Å². The highest BCUT2D eigenvalue weighted by molar-refractivity contribution is 7.88. The van der Waals surface area contributed by atoms with Crippen LogP contribution in [0.15, 0.2) is 42.5 Å². The molecule has 0 saturated heterocycles. The van der Waals surface area contributed by atoms with E-state index in [9.17, 15) is 39.6 Å². The van der Waals surface area contributed by atoms with Gasteiger partial charge in [0.25, 0.3) is 0 Å². The van der Waals surface area contributed by atoms with Gasteiger partial charge in [-0.05, 0) is 48.0 Å². The molecular weight excluding hydrogens is 560 g/mol. The maximum atomic E-state index is 14.3. The number of alkyl halides is 3. The van der Waals surface area contributed by atoms with Crippen LogP contribution in [0.5, 0.6) is 23.0 Å². The number of halogens is 6. The lowest BCUT2D eigenvalue weighted by Gasteiger charge is -2.35. The summed E-state index contributed by atoms with van der Waals surface area (Å²) in [5, 5.41) is 0. The molecule has 208 valence electrons. The third-order valence-electron chi connectivity index (χ3n) is 5.83. The molecule has 1 aliphatic heterocycles. The maximum Gasteiger partial charge on any atom is 0.534 e. The molecule has 0 N–H and O–H groups in total. The van der Waals surface area contributed by atoms with Crippen LogP contribution in [0.4, 0.5) is 37.7 Å². The topological polar surface area (TPSA) is 91.4 Å². The minimum Gasteiger partial charge on any atom is -0.497 e. The minimum atomic E-state index is -6.30. The highest BCUT2D eigenvalue weighted by Gasteiger charge is 2.50. The summed E-state index contributed by atoms with van der Waals surface area (Å²) in [5.41, 5.74) is -6.18. The third kappa shape index (κ3) is 4.77. The fourth-order valence-corrected chi connectivity index (χ4v) is 4.52. The molecule has 1 unspecified atom stereocenters. The van der Waals surface area contributed by atoms with Gasteiger partial charge in [-0.25, -0.2) is 8.78 Å². The van der Waals surface area contributed by atoms with Crippen LogP contribution in [0.2, 0.25) is 0 Å². The molecule has 0 amide bonds. The van der Waals surface area contributed by atoms with E-state index < -0.39 is 67.8 Å². The quantitative estimate of drug-likeness (QED) is 0.0991. The highest BCUT2D eigenvalue weighted by Crippen LogP contribution is 2.53. The number of rotatable bonds is 6. The Kier molecular flexibility index (Phi) is 7.06. The Labute approximate surface area is 217 Å². The third-order valence-corrected chi connectivity index (χ3v) is 6.78. The summed E-state index contributed by atoms with van der Waals surface area (Å²) in [7, 11) is -2.56. The van der Waals surface area contributed by atoms with Crippen molar-refractivity contribution in [1.29, 1.82) is 0 Å². The van der Waals surface area contributed by atoms with Gasteiger partial charge in [0.05, 0.1) is 14.2 Å². The molecule has 0 fully saturated rings. The van der Waals surface area contributed by atoms with E-state index in [0.29, 0.717) is 12.1 Å². The van der Waals surface area contributed by atoms with Crippen LogP contribution in [-0.4, -0.2) is 41.2 Å². The van der Waals surface area contributed by atoms with Crippen molar-refractivity contribution in [3.8, 4) is 23.0 Å². The predicted molar refractivity (Wildman–Crippen MR) is 123 cm³/mol. The molecule has 0 bridgehead atoms. The van der Waals surface area contributed by atoms with Crippen molar-refractivity contribution in [2.45, 2.75) is 11.4 Å². The zero-order chi connectivity index (χ0) is 28.9. The summed E-state index contributed by atoms with van der Waals surface area (Å²) < 4.78 is 126. The Morgan fingerprint density at radius 1 is 0.897 bits per heavy atom. The van der Waals surface area contributed by atoms with Crippen molar-refractivity contribution in [3.63, 3.8) is 0 Å². The minimum absolute atomic E-state index is 0.0333. The van der Waals surface area contributed by atoms with E-state index in [-0.39, 0.29) is 22.7 Å². The van der Waals surface area contributed by atoms with Crippen LogP contribution in [-0.2, 0) is 14.9 Å². The number of hydrogen-bond acceptors (Lipinski definition) is 8. The Bertz CT molecular complexity index is 1580. The molecule has 1 heterocycles. The molecule has 4 rings (SSSR count). The second-order valence-corrected chi connectivity index (χ2v) is 9.56. The summed E-state index contributed by atoms with van der Waals surface area (Å²) in [6.45, 7) is 0. The van der Waals surface area contributed by atoms with Gasteiger partial charge in [0.15, 0.2) is 23.1 Å². The highest BCUT2D eigenvalue weighted by atomic mass is 32.2. The van der Waals surface area contributed by atoms with Crippen LogP contribution in [0.25, 0.3) is 0 Å². The number of methoxy groups -OCH3 is 2. The van der Waals surface area contributed by atoms with Gasteiger partial charge in [0, 0.05) is 24.0 Å². The molecule has 0 radical (unpaired) electrons. The number of benzene rings is 3. The fourth-order valence-electron chi connectivity index (χ4n) is 4.03. The molecule has 15 heteroatoms. The van der Waals surface area contributed by atoms with Gasteiger partial charge in [-0.1, -0.05) is 0 Å². The standard InChI is InChI=1S/C24H17F6NO7S/c1-31-15-7-4-11(35-2)10-12(15)18(23(32)37-21-14(26)6-5-13(25)20(21)27)19-16(31)8-9-17(36-3)22(19)38-39(33,34)24(28,29)30/h4-10,18H,1-3H3. The number of carbonyl (C=O) groups excluding carboxylic acids is 1. The van der Waals surface area contributed by atoms with Crippen LogP contribution < -0.4 is 23.3 Å². The molecule has 0 aromatic heterocycles. The van der Waals surface area contributed by atoms with E-state index >= 15 is 0 Å². The van der Waals surface area contributed by atoms with Crippen LogP contribution in [0, 0.1) is 17.5 Å². The number of fused-ring (bicyclic) bond motifs is 2. The van der Waals surface area contributed by atoms with Gasteiger partial charge in [-0.15, -0.1) is 0 Å². The van der Waals surface area contributed by atoms with Crippen molar-refractivity contribution in [2.75, 3.05) is 26.2 Å². The molecule has 1 aliphatic rings. The number of carbonyl (C=O) groups is 1. The number of anilines is 2. The molecule has 0 aliphatic carbocycles. The van der Waals surface area contributed by atoms with Crippen LogP contribution >= 0.6 is 0 Å². The summed E-state index contributed by atoms with van der Waals surface area (Å²) >= 11 is 0. The van der Waals surface area contributed by atoms with Gasteiger partial charge >= 0.3 is 21.6 Å². The molecule has 0 saturated carbocycles. The van der Waals surface area contributed by atoms with E-state index in [0.717, 1.165) is 13.2 Å². The van der Waals surface area contributed by atoms with Crippen molar-refractivity contribution in [3.05, 3.63) is 71.0 Å². The first kappa shape index (κ1) is 27.9. The monoisotopic (exact) mass is 577 g/mol. The Morgan fingerprint density at radius 3 is 2.15 bits per heavy atom. The molecule has 3 aromatic rings. The maximum absolute atomic E-state index is 14.3. The number of nitrogens with zero attached hydrogens (tertiary/aromatic N) is 1. The van der Waals surface area contributed by atoms with Crippen LogP contribution in [0.3, 0.4) is 0 Å². The molecule has 3 aromatic carbocycles. The molecule has 1 atom stereocenters. The molecular formula is C24H17F6NO7S. The molecule has 39 heavy (non-hydrogen) atoms. The van der Waals surface area contributed by atoms with Crippen molar-refractivity contribution in [1.82, 2.24) is 0 Å². The van der Waals surface area contributed by atoms with Crippen molar-refractivity contribution < 1.29 is 57.9 Å². The van der Waals surface area contributed by atoms with E-state index in [1.54, 1.807) is 0 Å². The zero-order valence-electron chi connectivity index (χ0n) is 20.1. The average Bonchev–Trinajstić information content (AvgIpc) is 2.88. The first-order valence-electron chi connectivity index (χ1n) is 10.7. The van der Waals surface area contributed by atoms with Gasteiger partial charge < -0.3 is 23.3 Å². The van der Waals surface area contributed by atoms with Gasteiger partial charge in [-0.3, -0.25) is 4.79 Å². The SMILES string of the molecule is COc1ccc2c(c1)C(C(=O)Oc1c(F)ccc(F)c1F)c1c(ccc(OC)c1OS(=O)(=O)C(F)(F)F)N2C. The Balaban J connectivity index is 2.01. The second-order valence-electron chi connectivity index (χ2n) is 8.02. The van der Waals surface area contributed by atoms with Gasteiger partial charge in [0.1, 0.15) is 11.7 Å². The van der Waals surface area contributed by atoms with E-state index in [2.05, 4.69) is 4.18 Å². The van der Waals surface area contributed by atoms with E-state index in [4.69, 9.17) is 14.2 Å². The smallest absolute Gasteiger partial charge is 0.497 e. The first-order valence-corrected chi connectivity index (χ1v) is 12.1. The lowest BCUT2D eigenvalue weighted by Crippen LogP contribution is -2.32. The zero-order valence-corrected chi connectivity index (χ0v) is 20.9. The predicted octanol–water partition coefficient (Wildman–Crippen LogP) is 5.17. The molecule has 8 nitrogen and oxygen atoms in total. The summed E-state index contributed by atoms with van der Waals surface area (Å²) in [6, 6.07) is 7.57. The van der Waals surface area contributed by atoms with Crippen LogP contribution in [0.1, 0.15) is 17.0 Å². The van der Waals surface area contributed by atoms with E-state index in [1.807, 2.05) is 0 Å². The summed E-state index contributed by atoms with van der Waals surface area (Å²) in [5.74, 6) is -11.0. The Morgan fingerprint density at radius 2 is 1.54 bits per heavy atom. The normalized spacial score (nSPS) is 14.8. The Hall–Kier alpha value is -4.14. The molecule has 0 spiro atoms. The van der Waals surface area contributed by atoms with E-state index in [1.165, 1.54) is 43.3 Å². The van der Waals surface area contributed by atoms with Crippen molar-refractivity contribution >= 4 is 27.5 Å². The van der Waals surface area contributed by atoms with Crippen molar-refractivity contribution in [2.24, 2.45) is 0 Å². The fraction of sp³-hybridized carbons (Fsp3) is 0.208. The van der Waals surface area contributed by atoms with Gasteiger partial charge in [0.2, 0.25) is 11.6 Å². The lowest BCUT2D eigenvalue weighted by atomic mass is 9.84. The second kappa shape index (κ2) is 9.87. The largest absolute Gasteiger partial charge is 0.534 e. The average molecular weight is 577 g/mol. The number of ether oxygens (including phenoxy) is 3. The lowest BCUT2D eigenvalue weighted by molar-refractivity contribution is -0.135. The number of hydrogen-bond donors (Lipinski definition) is 0. The number of esters is 1. The summed E-state index contributed by atoms with van der Waals surface area (Å²) in [6.07, 6.45) is 0. The summed E-state index contributed by atoms with van der Waals surface area (Å²) in [4.78, 5) is 14.9.